The third kappa shape index (κ3) is 4.40. The van der Waals surface area contributed by atoms with Crippen LogP contribution in [0.4, 0.5) is 5.82 Å². The zero-order valence-electron chi connectivity index (χ0n) is 14.8. The molecular formula is C19H21Cl2N3O2. The first kappa shape index (κ1) is 18.8. The summed E-state index contributed by atoms with van der Waals surface area (Å²) < 4.78 is 5.85. The first-order chi connectivity index (χ1) is 12.4. The zero-order valence-corrected chi connectivity index (χ0v) is 16.3. The van der Waals surface area contributed by atoms with Crippen molar-refractivity contribution in [2.75, 3.05) is 31.1 Å². The highest BCUT2D eigenvalue weighted by Gasteiger charge is 2.26. The van der Waals surface area contributed by atoms with E-state index in [9.17, 15) is 4.79 Å². The molecule has 7 heteroatoms. The van der Waals surface area contributed by atoms with Crippen LogP contribution in [0.25, 0.3) is 0 Å². The quantitative estimate of drug-likeness (QED) is 0.791. The Hall–Kier alpha value is -1.98. The molecule has 3 rings (SSSR count). The molecule has 1 unspecified atom stereocenters. The number of amides is 1. The van der Waals surface area contributed by atoms with Gasteiger partial charge in [0.2, 0.25) is 0 Å². The van der Waals surface area contributed by atoms with Gasteiger partial charge in [-0.1, -0.05) is 23.2 Å². The number of ether oxygens (including phenoxy) is 1. The predicted molar refractivity (Wildman–Crippen MR) is 104 cm³/mol. The normalized spacial score (nSPS) is 15.7. The Kier molecular flexibility index (Phi) is 5.89. The molecule has 1 saturated heterocycles. The standard InChI is InChI=1S/C19H21Cl2N3O2/c1-13-11-15(20)3-5-17(13)26-14(2)19(25)24-9-7-23(8-10-24)18-6-4-16(21)12-22-18/h3-6,11-12,14H,7-10H2,1-2H3. The van der Waals surface area contributed by atoms with E-state index in [1.54, 1.807) is 25.3 Å². The van der Waals surface area contributed by atoms with Crippen LogP contribution in [0.3, 0.4) is 0 Å². The number of anilines is 1. The van der Waals surface area contributed by atoms with Crippen LogP contribution in [0, 0.1) is 6.92 Å². The second kappa shape index (κ2) is 8.14. The Labute approximate surface area is 163 Å². The summed E-state index contributed by atoms with van der Waals surface area (Å²) in [5.41, 5.74) is 0.913. The van der Waals surface area contributed by atoms with E-state index in [0.29, 0.717) is 28.9 Å². The topological polar surface area (TPSA) is 45.7 Å². The van der Waals surface area contributed by atoms with Crippen molar-refractivity contribution < 1.29 is 9.53 Å². The van der Waals surface area contributed by atoms with Gasteiger partial charge >= 0.3 is 0 Å². The van der Waals surface area contributed by atoms with E-state index in [4.69, 9.17) is 27.9 Å². The van der Waals surface area contributed by atoms with E-state index < -0.39 is 6.10 Å². The lowest BCUT2D eigenvalue weighted by Gasteiger charge is -2.36. The molecule has 1 atom stereocenters. The smallest absolute Gasteiger partial charge is 0.263 e. The van der Waals surface area contributed by atoms with Gasteiger partial charge < -0.3 is 14.5 Å². The van der Waals surface area contributed by atoms with Crippen LogP contribution >= 0.6 is 23.2 Å². The van der Waals surface area contributed by atoms with Crippen LogP contribution in [-0.4, -0.2) is 48.1 Å². The number of halogens is 2. The number of nitrogens with zero attached hydrogens (tertiary/aromatic N) is 3. The third-order valence-corrected chi connectivity index (χ3v) is 4.87. The summed E-state index contributed by atoms with van der Waals surface area (Å²) in [6.07, 6.45) is 1.09. The van der Waals surface area contributed by atoms with Crippen LogP contribution in [0.5, 0.6) is 5.75 Å². The van der Waals surface area contributed by atoms with Crippen molar-refractivity contribution in [3.05, 3.63) is 52.1 Å². The van der Waals surface area contributed by atoms with Gasteiger partial charge in [0.25, 0.3) is 5.91 Å². The molecule has 0 saturated carbocycles. The van der Waals surface area contributed by atoms with Gasteiger partial charge in [-0.15, -0.1) is 0 Å². The van der Waals surface area contributed by atoms with Gasteiger partial charge in [-0.3, -0.25) is 4.79 Å². The summed E-state index contributed by atoms with van der Waals surface area (Å²) in [6.45, 7) is 6.42. The molecular weight excluding hydrogens is 373 g/mol. The van der Waals surface area contributed by atoms with Crippen molar-refractivity contribution in [1.82, 2.24) is 9.88 Å². The van der Waals surface area contributed by atoms with Gasteiger partial charge in [-0.2, -0.15) is 0 Å². The molecule has 0 aliphatic carbocycles. The first-order valence-corrected chi connectivity index (χ1v) is 9.28. The molecule has 138 valence electrons. The van der Waals surface area contributed by atoms with Crippen LogP contribution in [-0.2, 0) is 4.79 Å². The number of aryl methyl sites for hydroxylation is 1. The zero-order chi connectivity index (χ0) is 18.7. The number of piperazine rings is 1. The van der Waals surface area contributed by atoms with Gasteiger partial charge in [0.05, 0.1) is 5.02 Å². The highest BCUT2D eigenvalue weighted by molar-refractivity contribution is 6.30. The second-order valence-electron chi connectivity index (χ2n) is 6.32. The van der Waals surface area contributed by atoms with Gasteiger partial charge in [0.15, 0.2) is 6.10 Å². The van der Waals surface area contributed by atoms with Gasteiger partial charge in [0.1, 0.15) is 11.6 Å². The maximum atomic E-state index is 12.7. The summed E-state index contributed by atoms with van der Waals surface area (Å²) in [5, 5.41) is 1.27. The van der Waals surface area contributed by atoms with E-state index in [-0.39, 0.29) is 5.91 Å². The fourth-order valence-electron chi connectivity index (χ4n) is 2.95. The lowest BCUT2D eigenvalue weighted by atomic mass is 10.2. The molecule has 0 bridgehead atoms. The van der Waals surface area contributed by atoms with E-state index >= 15 is 0 Å². The average molecular weight is 394 g/mol. The molecule has 1 aromatic carbocycles. The molecule has 1 amide bonds. The van der Waals surface area contributed by atoms with E-state index in [1.807, 2.05) is 30.0 Å². The third-order valence-electron chi connectivity index (χ3n) is 4.42. The lowest BCUT2D eigenvalue weighted by molar-refractivity contribution is -0.138. The van der Waals surface area contributed by atoms with Gasteiger partial charge in [-0.05, 0) is 49.7 Å². The van der Waals surface area contributed by atoms with Crippen molar-refractivity contribution in [3.8, 4) is 5.75 Å². The van der Waals surface area contributed by atoms with E-state index in [1.165, 1.54) is 0 Å². The van der Waals surface area contributed by atoms with Crippen molar-refractivity contribution in [3.63, 3.8) is 0 Å². The molecule has 2 aromatic rings. The molecule has 5 nitrogen and oxygen atoms in total. The largest absolute Gasteiger partial charge is 0.481 e. The average Bonchev–Trinajstić information content (AvgIpc) is 2.64. The molecule has 0 N–H and O–H groups in total. The fourth-order valence-corrected chi connectivity index (χ4v) is 3.29. The van der Waals surface area contributed by atoms with Crippen LogP contribution in [0.2, 0.25) is 10.0 Å². The van der Waals surface area contributed by atoms with Crippen molar-refractivity contribution in [2.45, 2.75) is 20.0 Å². The predicted octanol–water partition coefficient (Wildman–Crippen LogP) is 3.81. The summed E-state index contributed by atoms with van der Waals surface area (Å²) in [7, 11) is 0. The van der Waals surface area contributed by atoms with Crippen molar-refractivity contribution in [2.24, 2.45) is 0 Å². The number of hydrogen-bond acceptors (Lipinski definition) is 4. The van der Waals surface area contributed by atoms with Gasteiger partial charge in [0, 0.05) is 37.4 Å². The minimum Gasteiger partial charge on any atom is -0.481 e. The number of pyridine rings is 1. The Morgan fingerprint density at radius 1 is 1.12 bits per heavy atom. The Balaban J connectivity index is 1.56. The minimum atomic E-state index is -0.546. The molecule has 1 aliphatic heterocycles. The lowest BCUT2D eigenvalue weighted by Crippen LogP contribution is -2.52. The number of carbonyl (C=O) groups is 1. The molecule has 0 spiro atoms. The number of benzene rings is 1. The Morgan fingerprint density at radius 2 is 1.81 bits per heavy atom. The van der Waals surface area contributed by atoms with Crippen molar-refractivity contribution in [1.29, 1.82) is 0 Å². The monoisotopic (exact) mass is 393 g/mol. The first-order valence-electron chi connectivity index (χ1n) is 8.52. The summed E-state index contributed by atoms with van der Waals surface area (Å²) in [4.78, 5) is 21.0. The summed E-state index contributed by atoms with van der Waals surface area (Å²) in [5.74, 6) is 1.55. The fraction of sp³-hybridized carbons (Fsp3) is 0.368. The second-order valence-corrected chi connectivity index (χ2v) is 7.19. The van der Waals surface area contributed by atoms with Crippen LogP contribution in [0.15, 0.2) is 36.5 Å². The number of aromatic nitrogens is 1. The highest BCUT2D eigenvalue weighted by atomic mass is 35.5. The maximum absolute atomic E-state index is 12.7. The molecule has 1 aromatic heterocycles. The highest BCUT2D eigenvalue weighted by Crippen LogP contribution is 2.23. The molecule has 1 aliphatic rings. The van der Waals surface area contributed by atoms with E-state index in [2.05, 4.69) is 9.88 Å². The number of hydrogen-bond donors (Lipinski definition) is 0. The Morgan fingerprint density at radius 3 is 2.42 bits per heavy atom. The van der Waals surface area contributed by atoms with Crippen LogP contribution in [0.1, 0.15) is 12.5 Å². The molecule has 2 heterocycles. The van der Waals surface area contributed by atoms with E-state index in [0.717, 1.165) is 24.5 Å². The number of rotatable bonds is 4. The van der Waals surface area contributed by atoms with Crippen LogP contribution < -0.4 is 9.64 Å². The molecule has 26 heavy (non-hydrogen) atoms. The summed E-state index contributed by atoms with van der Waals surface area (Å²) in [6, 6.07) is 9.11. The SMILES string of the molecule is Cc1cc(Cl)ccc1OC(C)C(=O)N1CCN(c2ccc(Cl)cn2)CC1. The molecule has 0 radical (unpaired) electrons. The Bertz CT molecular complexity index is 775. The number of carbonyl (C=O) groups excluding carboxylic acids is 1. The van der Waals surface area contributed by atoms with Gasteiger partial charge in [-0.25, -0.2) is 4.98 Å². The minimum absolute atomic E-state index is 0.0111. The summed E-state index contributed by atoms with van der Waals surface area (Å²) >= 11 is 11.8. The molecule has 1 fully saturated rings. The van der Waals surface area contributed by atoms with Crippen molar-refractivity contribution >= 4 is 34.9 Å². The maximum Gasteiger partial charge on any atom is 0.263 e.